The molecule has 0 bridgehead atoms. The fourth-order valence-corrected chi connectivity index (χ4v) is 5.32. The van der Waals surface area contributed by atoms with Gasteiger partial charge in [-0.1, -0.05) is 52.2 Å². The van der Waals surface area contributed by atoms with E-state index in [0.29, 0.717) is 0 Å². The molecule has 0 N–H and O–H groups in total. The van der Waals surface area contributed by atoms with Crippen molar-refractivity contribution in [1.82, 2.24) is 4.90 Å². The first kappa shape index (κ1) is 24.5. The maximum Gasteiger partial charge on any atom is 0.124 e. The maximum absolute atomic E-state index is 6.26. The van der Waals surface area contributed by atoms with Crippen molar-refractivity contribution in [2.45, 2.75) is 37.1 Å². The van der Waals surface area contributed by atoms with Gasteiger partial charge in [0.2, 0.25) is 0 Å². The van der Waals surface area contributed by atoms with Crippen LogP contribution in [-0.2, 0) is 6.54 Å². The molecule has 1 saturated heterocycles. The molecule has 0 aliphatic carbocycles. The molecule has 174 valence electrons. The van der Waals surface area contributed by atoms with Gasteiger partial charge in [-0.25, -0.2) is 0 Å². The third-order valence-electron chi connectivity index (χ3n) is 5.76. The van der Waals surface area contributed by atoms with Gasteiger partial charge < -0.3 is 13.9 Å². The highest BCUT2D eigenvalue weighted by Crippen LogP contribution is 2.34. The summed E-state index contributed by atoms with van der Waals surface area (Å²) in [6.07, 6.45) is 5.11. The SMILES string of the molecule is Clc1ccc(SN(Cc2ccccc2OCCCN2CCCCC2)c2ccc(Br)cc2)cc1. The molecular formula is C27H30BrClN2OS. The Balaban J connectivity index is 1.43. The predicted molar refractivity (Wildman–Crippen MR) is 144 cm³/mol. The summed E-state index contributed by atoms with van der Waals surface area (Å²) in [6, 6.07) is 24.8. The van der Waals surface area contributed by atoms with Gasteiger partial charge in [-0.05, 0) is 98.9 Å². The van der Waals surface area contributed by atoms with Crippen molar-refractivity contribution < 1.29 is 4.74 Å². The molecule has 0 aromatic heterocycles. The van der Waals surface area contributed by atoms with Crippen LogP contribution in [0.25, 0.3) is 0 Å². The Morgan fingerprint density at radius 3 is 2.39 bits per heavy atom. The lowest BCUT2D eigenvalue weighted by Crippen LogP contribution is -2.31. The summed E-state index contributed by atoms with van der Waals surface area (Å²) >= 11 is 11.3. The van der Waals surface area contributed by atoms with E-state index in [1.165, 1.54) is 37.9 Å². The molecule has 0 saturated carbocycles. The van der Waals surface area contributed by atoms with Crippen LogP contribution in [0.4, 0.5) is 5.69 Å². The first-order valence-corrected chi connectivity index (χ1v) is 13.5. The Labute approximate surface area is 215 Å². The average Bonchev–Trinajstić information content (AvgIpc) is 2.85. The molecule has 3 nitrogen and oxygen atoms in total. The molecule has 1 fully saturated rings. The van der Waals surface area contributed by atoms with Crippen LogP contribution in [0.15, 0.2) is 82.2 Å². The van der Waals surface area contributed by atoms with E-state index in [2.05, 4.69) is 85.8 Å². The van der Waals surface area contributed by atoms with Crippen molar-refractivity contribution in [3.05, 3.63) is 87.9 Å². The molecule has 4 rings (SSSR count). The van der Waals surface area contributed by atoms with Gasteiger partial charge in [-0.2, -0.15) is 0 Å². The smallest absolute Gasteiger partial charge is 0.124 e. The van der Waals surface area contributed by atoms with E-state index in [1.54, 1.807) is 11.9 Å². The van der Waals surface area contributed by atoms with Crippen LogP contribution in [0.2, 0.25) is 5.02 Å². The van der Waals surface area contributed by atoms with E-state index in [1.807, 2.05) is 12.1 Å². The van der Waals surface area contributed by atoms with Crippen molar-refractivity contribution in [3.8, 4) is 5.75 Å². The van der Waals surface area contributed by atoms with Crippen LogP contribution in [0.3, 0.4) is 0 Å². The van der Waals surface area contributed by atoms with Crippen molar-refractivity contribution in [3.63, 3.8) is 0 Å². The van der Waals surface area contributed by atoms with Crippen LogP contribution >= 0.6 is 39.5 Å². The molecule has 1 aliphatic rings. The molecule has 0 amide bonds. The summed E-state index contributed by atoms with van der Waals surface area (Å²) in [5.41, 5.74) is 2.32. The highest BCUT2D eigenvalue weighted by atomic mass is 79.9. The normalized spacial score (nSPS) is 14.2. The fraction of sp³-hybridized carbons (Fsp3) is 0.333. The Hall–Kier alpha value is -1.66. The Bertz CT molecular complexity index is 994. The largest absolute Gasteiger partial charge is 0.493 e. The molecular weight excluding hydrogens is 516 g/mol. The number of halogens is 2. The highest BCUT2D eigenvalue weighted by molar-refractivity contribution is 9.10. The van der Waals surface area contributed by atoms with Crippen LogP contribution in [0.5, 0.6) is 5.75 Å². The second-order valence-electron chi connectivity index (χ2n) is 8.27. The third-order valence-corrected chi connectivity index (χ3v) is 7.58. The van der Waals surface area contributed by atoms with Crippen molar-refractivity contribution in [2.75, 3.05) is 30.5 Å². The summed E-state index contributed by atoms with van der Waals surface area (Å²) in [7, 11) is 0. The maximum atomic E-state index is 6.26. The fourth-order valence-electron chi connectivity index (χ4n) is 3.99. The van der Waals surface area contributed by atoms with E-state index in [-0.39, 0.29) is 0 Å². The molecule has 1 aliphatic heterocycles. The molecule has 3 aromatic rings. The number of rotatable bonds is 10. The van der Waals surface area contributed by atoms with Crippen molar-refractivity contribution in [1.29, 1.82) is 0 Å². The van der Waals surface area contributed by atoms with Gasteiger partial charge in [0.25, 0.3) is 0 Å². The summed E-state index contributed by atoms with van der Waals surface area (Å²) in [5.74, 6) is 0.968. The number of likely N-dealkylation sites (tertiary alicyclic amines) is 1. The Morgan fingerprint density at radius 1 is 0.909 bits per heavy atom. The third kappa shape index (κ3) is 7.68. The van der Waals surface area contributed by atoms with E-state index in [4.69, 9.17) is 16.3 Å². The van der Waals surface area contributed by atoms with Crippen LogP contribution in [-0.4, -0.2) is 31.1 Å². The van der Waals surface area contributed by atoms with Gasteiger partial charge in [-0.15, -0.1) is 0 Å². The van der Waals surface area contributed by atoms with E-state index in [9.17, 15) is 0 Å². The lowest BCUT2D eigenvalue weighted by molar-refractivity contribution is 0.204. The lowest BCUT2D eigenvalue weighted by Gasteiger charge is -2.26. The first-order chi connectivity index (χ1) is 16.2. The monoisotopic (exact) mass is 544 g/mol. The van der Waals surface area contributed by atoms with Gasteiger partial charge in [0.1, 0.15) is 5.75 Å². The van der Waals surface area contributed by atoms with Gasteiger partial charge in [0.05, 0.1) is 13.2 Å². The van der Waals surface area contributed by atoms with Gasteiger partial charge in [0.15, 0.2) is 0 Å². The molecule has 0 radical (unpaired) electrons. The number of ether oxygens (including phenoxy) is 1. The summed E-state index contributed by atoms with van der Waals surface area (Å²) in [4.78, 5) is 3.71. The van der Waals surface area contributed by atoms with Crippen LogP contribution in [0, 0.1) is 0 Å². The number of hydrogen-bond acceptors (Lipinski definition) is 4. The molecule has 0 atom stereocenters. The number of para-hydroxylation sites is 1. The van der Waals surface area contributed by atoms with Gasteiger partial charge >= 0.3 is 0 Å². The van der Waals surface area contributed by atoms with E-state index in [0.717, 1.165) is 51.9 Å². The predicted octanol–water partition coefficient (Wildman–Crippen LogP) is 8.07. The second-order valence-corrected chi connectivity index (χ2v) is 10.7. The lowest BCUT2D eigenvalue weighted by atomic mass is 10.1. The Morgan fingerprint density at radius 2 is 1.64 bits per heavy atom. The number of benzene rings is 3. The number of piperidine rings is 1. The second kappa shape index (κ2) is 12.7. The zero-order chi connectivity index (χ0) is 22.9. The summed E-state index contributed by atoms with van der Waals surface area (Å²) in [5, 5.41) is 0.748. The minimum Gasteiger partial charge on any atom is -0.493 e. The molecule has 33 heavy (non-hydrogen) atoms. The molecule has 6 heteroatoms. The first-order valence-electron chi connectivity index (χ1n) is 11.6. The number of nitrogens with zero attached hydrogens (tertiary/aromatic N) is 2. The van der Waals surface area contributed by atoms with Crippen molar-refractivity contribution >= 4 is 45.2 Å². The molecule has 0 unspecified atom stereocenters. The molecule has 1 heterocycles. The molecule has 3 aromatic carbocycles. The topological polar surface area (TPSA) is 15.7 Å². The summed E-state index contributed by atoms with van der Waals surface area (Å²) in [6.45, 7) is 5.08. The summed E-state index contributed by atoms with van der Waals surface area (Å²) < 4.78 is 9.63. The minimum atomic E-state index is 0.733. The standard InChI is InChI=1S/C27H30BrClN2OS/c28-23-9-13-25(14-10-23)31(33-26-15-11-24(29)12-16-26)21-22-7-2-3-8-27(22)32-20-6-19-30-17-4-1-5-18-30/h2-3,7-16H,1,4-6,17-21H2. The minimum absolute atomic E-state index is 0.733. The molecule has 0 spiro atoms. The Kier molecular flexibility index (Phi) is 9.42. The van der Waals surface area contributed by atoms with Crippen LogP contribution in [0.1, 0.15) is 31.2 Å². The zero-order valence-electron chi connectivity index (χ0n) is 18.8. The zero-order valence-corrected chi connectivity index (χ0v) is 21.9. The highest BCUT2D eigenvalue weighted by Gasteiger charge is 2.14. The number of hydrogen-bond donors (Lipinski definition) is 0. The van der Waals surface area contributed by atoms with E-state index >= 15 is 0 Å². The van der Waals surface area contributed by atoms with Gasteiger partial charge in [-0.3, -0.25) is 0 Å². The average molecular weight is 546 g/mol. The quantitative estimate of drug-likeness (QED) is 0.189. The van der Waals surface area contributed by atoms with E-state index < -0.39 is 0 Å². The van der Waals surface area contributed by atoms with Crippen LogP contribution < -0.4 is 9.04 Å². The van der Waals surface area contributed by atoms with Gasteiger partial charge in [0, 0.05) is 32.2 Å². The number of anilines is 1. The van der Waals surface area contributed by atoms with Crippen molar-refractivity contribution in [2.24, 2.45) is 0 Å².